The van der Waals surface area contributed by atoms with Gasteiger partial charge in [0.15, 0.2) is 0 Å². The molecule has 2 fully saturated rings. The highest BCUT2D eigenvalue weighted by Gasteiger charge is 2.23. The van der Waals surface area contributed by atoms with Crippen molar-refractivity contribution in [1.29, 1.82) is 0 Å². The molecule has 1 aromatic carbocycles. The minimum atomic E-state index is 0.205. The van der Waals surface area contributed by atoms with Gasteiger partial charge in [-0.15, -0.1) is 0 Å². The average Bonchev–Trinajstić information content (AvgIpc) is 3.29. The van der Waals surface area contributed by atoms with Gasteiger partial charge in [-0.25, -0.2) is 4.98 Å². The predicted octanol–water partition coefficient (Wildman–Crippen LogP) is 3.65. The van der Waals surface area contributed by atoms with Crippen LogP contribution in [0.5, 0.6) is 5.75 Å². The third-order valence-corrected chi connectivity index (χ3v) is 6.39. The highest BCUT2D eigenvalue weighted by Crippen LogP contribution is 2.21. The number of aromatic amines is 1. The second kappa shape index (κ2) is 10.6. The van der Waals surface area contributed by atoms with Crippen molar-refractivity contribution in [3.05, 3.63) is 48.0 Å². The van der Waals surface area contributed by atoms with Crippen LogP contribution in [0.4, 0.5) is 0 Å². The molecule has 2 aliphatic heterocycles. The predicted molar refractivity (Wildman–Crippen MR) is 117 cm³/mol. The molecule has 0 saturated carbocycles. The SMILES string of the molecule is O=C(CCOc1ccc(CN2CCCCC2)cc1)N1CCC(Cc2cnc[nH]2)CC1. The van der Waals surface area contributed by atoms with Crippen molar-refractivity contribution in [3.63, 3.8) is 0 Å². The smallest absolute Gasteiger partial charge is 0.225 e. The lowest BCUT2D eigenvalue weighted by Crippen LogP contribution is -2.39. The van der Waals surface area contributed by atoms with Crippen LogP contribution in [-0.4, -0.2) is 58.5 Å². The molecule has 0 aliphatic carbocycles. The number of hydrogen-bond acceptors (Lipinski definition) is 4. The largest absolute Gasteiger partial charge is 0.493 e. The van der Waals surface area contributed by atoms with Gasteiger partial charge in [0.2, 0.25) is 5.91 Å². The van der Waals surface area contributed by atoms with E-state index in [2.05, 4.69) is 27.0 Å². The number of piperidine rings is 2. The number of hydrogen-bond donors (Lipinski definition) is 1. The van der Waals surface area contributed by atoms with Gasteiger partial charge in [0.25, 0.3) is 0 Å². The molecule has 162 valence electrons. The average molecular weight is 411 g/mol. The van der Waals surface area contributed by atoms with Gasteiger partial charge in [0.05, 0.1) is 19.4 Å². The lowest BCUT2D eigenvalue weighted by atomic mass is 9.92. The number of H-pyrrole nitrogens is 1. The number of ether oxygens (including phenoxy) is 1. The first kappa shape index (κ1) is 20.9. The Morgan fingerprint density at radius 3 is 2.53 bits per heavy atom. The van der Waals surface area contributed by atoms with E-state index in [4.69, 9.17) is 4.74 Å². The van der Waals surface area contributed by atoms with E-state index in [0.717, 1.165) is 44.6 Å². The Labute approximate surface area is 179 Å². The van der Waals surface area contributed by atoms with E-state index >= 15 is 0 Å². The van der Waals surface area contributed by atoms with Gasteiger partial charge in [-0.1, -0.05) is 18.6 Å². The number of nitrogens with zero attached hydrogens (tertiary/aromatic N) is 3. The molecule has 0 bridgehead atoms. The Morgan fingerprint density at radius 2 is 1.83 bits per heavy atom. The van der Waals surface area contributed by atoms with Crippen LogP contribution in [0.2, 0.25) is 0 Å². The van der Waals surface area contributed by atoms with Gasteiger partial charge < -0.3 is 14.6 Å². The number of aromatic nitrogens is 2. The molecule has 0 atom stereocenters. The summed E-state index contributed by atoms with van der Waals surface area (Å²) in [6, 6.07) is 8.36. The van der Waals surface area contributed by atoms with Crippen LogP contribution in [-0.2, 0) is 17.8 Å². The van der Waals surface area contributed by atoms with Crippen LogP contribution in [0.25, 0.3) is 0 Å². The monoisotopic (exact) mass is 410 g/mol. The van der Waals surface area contributed by atoms with Gasteiger partial charge in [0, 0.05) is 31.5 Å². The maximum atomic E-state index is 12.5. The van der Waals surface area contributed by atoms with E-state index in [9.17, 15) is 4.79 Å². The lowest BCUT2D eigenvalue weighted by molar-refractivity contribution is -0.133. The summed E-state index contributed by atoms with van der Waals surface area (Å²) in [6.45, 7) is 5.58. The zero-order valence-electron chi connectivity index (χ0n) is 17.9. The molecule has 1 aromatic heterocycles. The number of nitrogens with one attached hydrogen (secondary N) is 1. The maximum absolute atomic E-state index is 12.5. The Morgan fingerprint density at radius 1 is 1.07 bits per heavy atom. The first-order valence-electron chi connectivity index (χ1n) is 11.5. The second-order valence-corrected chi connectivity index (χ2v) is 8.68. The summed E-state index contributed by atoms with van der Waals surface area (Å²) in [5.41, 5.74) is 2.52. The van der Waals surface area contributed by atoms with Gasteiger partial charge in [0.1, 0.15) is 5.75 Å². The van der Waals surface area contributed by atoms with Crippen LogP contribution in [0.1, 0.15) is 49.8 Å². The molecular formula is C24H34N4O2. The van der Waals surface area contributed by atoms with Gasteiger partial charge in [-0.05, 0) is 68.8 Å². The van der Waals surface area contributed by atoms with E-state index < -0.39 is 0 Å². The fraction of sp³-hybridized carbons (Fsp3) is 0.583. The number of carbonyl (C=O) groups excluding carboxylic acids is 1. The molecule has 0 spiro atoms. The summed E-state index contributed by atoms with van der Waals surface area (Å²) < 4.78 is 5.83. The Bertz CT molecular complexity index is 761. The van der Waals surface area contributed by atoms with Crippen molar-refractivity contribution in [2.45, 2.75) is 51.5 Å². The Hall–Kier alpha value is -2.34. The summed E-state index contributed by atoms with van der Waals surface area (Å²) in [4.78, 5) is 24.3. The first-order valence-corrected chi connectivity index (χ1v) is 11.5. The van der Waals surface area contributed by atoms with Crippen LogP contribution in [0, 0.1) is 5.92 Å². The van der Waals surface area contributed by atoms with E-state index in [1.165, 1.54) is 43.6 Å². The number of imidazole rings is 1. The van der Waals surface area contributed by atoms with Crippen molar-refractivity contribution < 1.29 is 9.53 Å². The van der Waals surface area contributed by atoms with Crippen LogP contribution >= 0.6 is 0 Å². The van der Waals surface area contributed by atoms with Crippen molar-refractivity contribution in [2.75, 3.05) is 32.8 Å². The normalized spacial score (nSPS) is 18.5. The summed E-state index contributed by atoms with van der Waals surface area (Å²) in [7, 11) is 0. The Balaban J connectivity index is 1.13. The fourth-order valence-electron chi connectivity index (χ4n) is 4.57. The maximum Gasteiger partial charge on any atom is 0.225 e. The molecule has 6 heteroatoms. The molecule has 30 heavy (non-hydrogen) atoms. The minimum absolute atomic E-state index is 0.205. The Kier molecular flexibility index (Phi) is 7.40. The van der Waals surface area contributed by atoms with Gasteiger partial charge in [-0.3, -0.25) is 9.69 Å². The summed E-state index contributed by atoms with van der Waals surface area (Å²) >= 11 is 0. The fourth-order valence-corrected chi connectivity index (χ4v) is 4.57. The van der Waals surface area contributed by atoms with Gasteiger partial charge in [-0.2, -0.15) is 0 Å². The van der Waals surface area contributed by atoms with Gasteiger partial charge >= 0.3 is 0 Å². The third kappa shape index (κ3) is 6.08. The van der Waals surface area contributed by atoms with Crippen molar-refractivity contribution in [1.82, 2.24) is 19.8 Å². The molecule has 0 unspecified atom stereocenters. The lowest BCUT2D eigenvalue weighted by Gasteiger charge is -2.32. The second-order valence-electron chi connectivity index (χ2n) is 8.68. The summed E-state index contributed by atoms with van der Waals surface area (Å²) in [5.74, 6) is 1.69. The zero-order chi connectivity index (χ0) is 20.6. The van der Waals surface area contributed by atoms with Crippen molar-refractivity contribution in [2.24, 2.45) is 5.92 Å². The molecule has 1 amide bonds. The van der Waals surface area contributed by atoms with Crippen LogP contribution < -0.4 is 4.74 Å². The number of likely N-dealkylation sites (tertiary alicyclic amines) is 2. The molecule has 3 heterocycles. The molecule has 0 radical (unpaired) electrons. The topological polar surface area (TPSA) is 61.5 Å². The highest BCUT2D eigenvalue weighted by molar-refractivity contribution is 5.76. The van der Waals surface area contributed by atoms with Crippen molar-refractivity contribution >= 4 is 5.91 Å². The molecule has 6 nitrogen and oxygen atoms in total. The number of benzene rings is 1. The number of rotatable bonds is 8. The quantitative estimate of drug-likeness (QED) is 0.722. The molecule has 4 rings (SSSR count). The van der Waals surface area contributed by atoms with E-state index in [1.807, 2.05) is 23.2 Å². The standard InChI is InChI=1S/C24H34N4O2/c29-24(28-13-8-20(9-14-28)16-22-17-25-19-26-22)10-15-30-23-6-4-21(5-7-23)18-27-11-2-1-3-12-27/h4-7,17,19-20H,1-3,8-16,18H2,(H,25,26). The van der Waals surface area contributed by atoms with E-state index in [0.29, 0.717) is 18.9 Å². The van der Waals surface area contributed by atoms with Crippen molar-refractivity contribution in [3.8, 4) is 5.75 Å². The number of amides is 1. The summed E-state index contributed by atoms with van der Waals surface area (Å²) in [5, 5.41) is 0. The van der Waals surface area contributed by atoms with E-state index in [-0.39, 0.29) is 5.91 Å². The minimum Gasteiger partial charge on any atom is -0.493 e. The molecule has 2 aromatic rings. The first-order chi connectivity index (χ1) is 14.8. The van der Waals surface area contributed by atoms with Crippen LogP contribution in [0.15, 0.2) is 36.8 Å². The highest BCUT2D eigenvalue weighted by atomic mass is 16.5. The van der Waals surface area contributed by atoms with E-state index in [1.54, 1.807) is 6.33 Å². The molecule has 2 aliphatic rings. The third-order valence-electron chi connectivity index (χ3n) is 6.39. The molecule has 1 N–H and O–H groups in total. The zero-order valence-corrected chi connectivity index (χ0v) is 17.9. The molecule has 2 saturated heterocycles. The summed E-state index contributed by atoms with van der Waals surface area (Å²) in [6.07, 6.45) is 11.2. The van der Waals surface area contributed by atoms with Crippen LogP contribution in [0.3, 0.4) is 0 Å². The molecular weight excluding hydrogens is 376 g/mol. The number of carbonyl (C=O) groups is 1.